The largest absolute Gasteiger partial charge is 1.00 e. The topological polar surface area (TPSA) is 18.5 Å². The fourth-order valence-corrected chi connectivity index (χ4v) is 4.44. The smallest absolute Gasteiger partial charge is 0.122 e. The van der Waals surface area contributed by atoms with E-state index in [-0.39, 0.29) is 18.0 Å². The standard InChI is InChI=1S/C28H44NO2.ClH/c1-23(2)19-28(20-24(3)4,22-30-27-16-12-11-13-25(27)5)31-18-17-29(6,7)21-26-14-9-8-10-15-26;/h8-16,23-24H,17-22H2,1-7H3;1H/q+1;/p-1. The van der Waals surface area contributed by atoms with Crippen LogP contribution in [0.5, 0.6) is 5.75 Å². The van der Waals surface area contributed by atoms with Crippen LogP contribution in [-0.2, 0) is 11.3 Å². The summed E-state index contributed by atoms with van der Waals surface area (Å²) in [6.07, 6.45) is 2.01. The van der Waals surface area contributed by atoms with Gasteiger partial charge in [0.1, 0.15) is 31.0 Å². The lowest BCUT2D eigenvalue weighted by molar-refractivity contribution is -0.904. The van der Waals surface area contributed by atoms with Crippen LogP contribution in [0.1, 0.15) is 51.7 Å². The van der Waals surface area contributed by atoms with Crippen molar-refractivity contribution in [3.05, 3.63) is 65.7 Å². The van der Waals surface area contributed by atoms with Crippen molar-refractivity contribution >= 4 is 0 Å². The molecule has 0 aliphatic heterocycles. The lowest BCUT2D eigenvalue weighted by atomic mass is 9.85. The minimum Gasteiger partial charge on any atom is -1.00 e. The molecule has 0 fully saturated rings. The van der Waals surface area contributed by atoms with Crippen molar-refractivity contribution in [2.45, 2.75) is 59.6 Å². The Morgan fingerprint density at radius 2 is 1.41 bits per heavy atom. The number of halogens is 1. The molecular weight excluding hydrogens is 418 g/mol. The highest BCUT2D eigenvalue weighted by atomic mass is 35.5. The molecule has 0 aliphatic carbocycles. The summed E-state index contributed by atoms with van der Waals surface area (Å²) in [6, 6.07) is 19.0. The lowest BCUT2D eigenvalue weighted by Crippen LogP contribution is -3.00. The highest BCUT2D eigenvalue weighted by Crippen LogP contribution is 2.31. The van der Waals surface area contributed by atoms with Gasteiger partial charge in [-0.2, -0.15) is 0 Å². The molecular formula is C28H44ClNO2. The van der Waals surface area contributed by atoms with Crippen LogP contribution in [0.2, 0.25) is 0 Å². The molecule has 0 spiro atoms. The maximum absolute atomic E-state index is 6.75. The fraction of sp³-hybridized carbons (Fsp3) is 0.571. The molecule has 0 heterocycles. The van der Waals surface area contributed by atoms with E-state index in [1.807, 2.05) is 6.07 Å². The van der Waals surface area contributed by atoms with Gasteiger partial charge < -0.3 is 26.4 Å². The summed E-state index contributed by atoms with van der Waals surface area (Å²) in [5.41, 5.74) is 2.27. The highest BCUT2D eigenvalue weighted by molar-refractivity contribution is 5.31. The number of aryl methyl sites for hydroxylation is 1. The summed E-state index contributed by atoms with van der Waals surface area (Å²) >= 11 is 0. The summed E-state index contributed by atoms with van der Waals surface area (Å²) in [4.78, 5) is 0. The van der Waals surface area contributed by atoms with Crippen molar-refractivity contribution in [2.24, 2.45) is 11.8 Å². The van der Waals surface area contributed by atoms with E-state index in [4.69, 9.17) is 9.47 Å². The summed E-state index contributed by atoms with van der Waals surface area (Å²) in [6.45, 7) is 14.5. The van der Waals surface area contributed by atoms with Gasteiger partial charge >= 0.3 is 0 Å². The third-order valence-corrected chi connectivity index (χ3v) is 5.70. The second kappa shape index (κ2) is 13.2. The Kier molecular flexibility index (Phi) is 11.8. The second-order valence-corrected chi connectivity index (χ2v) is 10.6. The molecule has 2 aromatic carbocycles. The first-order valence-electron chi connectivity index (χ1n) is 11.8. The van der Waals surface area contributed by atoms with Crippen molar-refractivity contribution in [3.63, 3.8) is 0 Å². The SMILES string of the molecule is Cc1ccccc1OCC(CC(C)C)(CC(C)C)OCC[N+](C)(C)Cc1ccccc1.[Cl-]. The highest BCUT2D eigenvalue weighted by Gasteiger charge is 2.35. The molecule has 32 heavy (non-hydrogen) atoms. The number of hydrogen-bond acceptors (Lipinski definition) is 2. The van der Waals surface area contributed by atoms with Gasteiger partial charge in [0.2, 0.25) is 0 Å². The fourth-order valence-electron chi connectivity index (χ4n) is 4.44. The molecule has 0 N–H and O–H groups in total. The third kappa shape index (κ3) is 9.94. The summed E-state index contributed by atoms with van der Waals surface area (Å²) in [5.74, 6) is 2.06. The number of benzene rings is 2. The van der Waals surface area contributed by atoms with Gasteiger partial charge in [-0.3, -0.25) is 0 Å². The molecule has 4 heteroatoms. The molecule has 180 valence electrons. The van der Waals surface area contributed by atoms with Crippen molar-refractivity contribution in [2.75, 3.05) is 33.9 Å². The zero-order valence-corrected chi connectivity index (χ0v) is 22.0. The van der Waals surface area contributed by atoms with Crippen molar-refractivity contribution in [1.82, 2.24) is 0 Å². The van der Waals surface area contributed by atoms with E-state index in [1.54, 1.807) is 0 Å². The number of nitrogens with zero attached hydrogens (tertiary/aromatic N) is 1. The third-order valence-electron chi connectivity index (χ3n) is 5.70. The number of quaternary nitrogens is 1. The van der Waals surface area contributed by atoms with Gasteiger partial charge in [0.05, 0.1) is 20.7 Å². The monoisotopic (exact) mass is 461 g/mol. The molecule has 0 unspecified atom stereocenters. The average Bonchev–Trinajstić information content (AvgIpc) is 2.66. The first-order valence-corrected chi connectivity index (χ1v) is 11.8. The molecule has 0 amide bonds. The molecule has 0 saturated heterocycles. The van der Waals surface area contributed by atoms with Gasteiger partial charge in [-0.15, -0.1) is 0 Å². The van der Waals surface area contributed by atoms with Crippen molar-refractivity contribution in [1.29, 1.82) is 0 Å². The molecule has 2 aromatic rings. The van der Waals surface area contributed by atoms with Crippen LogP contribution >= 0.6 is 0 Å². The molecule has 3 nitrogen and oxygen atoms in total. The maximum Gasteiger partial charge on any atom is 0.122 e. The summed E-state index contributed by atoms with van der Waals surface area (Å²) < 4.78 is 14.0. The van der Waals surface area contributed by atoms with Crippen LogP contribution in [0.15, 0.2) is 54.6 Å². The number of ether oxygens (including phenoxy) is 2. The van der Waals surface area contributed by atoms with E-state index < -0.39 is 0 Å². The predicted molar refractivity (Wildman–Crippen MR) is 131 cm³/mol. The van der Waals surface area contributed by atoms with Crippen molar-refractivity contribution < 1.29 is 26.4 Å². The number of rotatable bonds is 13. The van der Waals surface area contributed by atoms with Crippen LogP contribution in [0.25, 0.3) is 0 Å². The zero-order valence-electron chi connectivity index (χ0n) is 21.2. The number of hydrogen-bond donors (Lipinski definition) is 0. The van der Waals surface area contributed by atoms with E-state index in [9.17, 15) is 0 Å². The molecule has 0 aliphatic rings. The summed E-state index contributed by atoms with van der Waals surface area (Å²) in [7, 11) is 4.57. The first-order chi connectivity index (χ1) is 14.6. The Morgan fingerprint density at radius 3 is 1.97 bits per heavy atom. The summed E-state index contributed by atoms with van der Waals surface area (Å²) in [5, 5.41) is 0. The molecule has 2 rings (SSSR count). The molecule has 0 saturated carbocycles. The first kappa shape index (κ1) is 28.5. The molecule has 0 atom stereocenters. The maximum atomic E-state index is 6.75. The van der Waals surface area contributed by atoms with Crippen LogP contribution in [-0.4, -0.2) is 43.9 Å². The van der Waals surface area contributed by atoms with Gasteiger partial charge in [-0.05, 0) is 43.2 Å². The Labute approximate surface area is 203 Å². The van der Waals surface area contributed by atoms with E-state index in [2.05, 4.69) is 97.2 Å². The van der Waals surface area contributed by atoms with Gasteiger partial charge in [0.15, 0.2) is 0 Å². The van der Waals surface area contributed by atoms with Crippen LogP contribution < -0.4 is 17.1 Å². The van der Waals surface area contributed by atoms with E-state index >= 15 is 0 Å². The van der Waals surface area contributed by atoms with Crippen LogP contribution in [0.4, 0.5) is 0 Å². The predicted octanol–water partition coefficient (Wildman–Crippen LogP) is 3.50. The zero-order chi connectivity index (χ0) is 22.9. The quantitative estimate of drug-likeness (QED) is 0.425. The molecule has 0 radical (unpaired) electrons. The van der Waals surface area contributed by atoms with Gasteiger partial charge in [-0.1, -0.05) is 76.2 Å². The van der Waals surface area contributed by atoms with Gasteiger partial charge in [-0.25, -0.2) is 0 Å². The minimum absolute atomic E-state index is 0. The molecule has 0 aromatic heterocycles. The number of para-hydroxylation sites is 1. The van der Waals surface area contributed by atoms with E-state index in [1.165, 1.54) is 11.1 Å². The van der Waals surface area contributed by atoms with Gasteiger partial charge in [0.25, 0.3) is 0 Å². The Bertz CT molecular complexity index is 764. The Hall–Kier alpha value is -1.55. The van der Waals surface area contributed by atoms with Crippen molar-refractivity contribution in [3.8, 4) is 5.75 Å². The minimum atomic E-state index is -0.267. The normalized spacial score (nSPS) is 12.2. The lowest BCUT2D eigenvalue weighted by Gasteiger charge is -2.38. The average molecular weight is 462 g/mol. The molecule has 0 bridgehead atoms. The Balaban J connectivity index is 0.00000512. The van der Waals surface area contributed by atoms with E-state index in [0.717, 1.165) is 42.8 Å². The number of likely N-dealkylation sites (N-methyl/N-ethyl adjacent to an activating group) is 1. The van der Waals surface area contributed by atoms with Gasteiger partial charge in [0, 0.05) is 5.56 Å². The Morgan fingerprint density at radius 1 is 0.844 bits per heavy atom. The van der Waals surface area contributed by atoms with Crippen LogP contribution in [0, 0.1) is 18.8 Å². The van der Waals surface area contributed by atoms with Crippen LogP contribution in [0.3, 0.4) is 0 Å². The second-order valence-electron chi connectivity index (χ2n) is 10.6. The van der Waals surface area contributed by atoms with E-state index in [0.29, 0.717) is 18.4 Å².